The van der Waals surface area contributed by atoms with Gasteiger partial charge in [0.15, 0.2) is 0 Å². The van der Waals surface area contributed by atoms with Crippen molar-refractivity contribution in [3.63, 3.8) is 0 Å². The van der Waals surface area contributed by atoms with E-state index in [1.165, 1.54) is 121 Å². The molecule has 1 fully saturated rings. The lowest BCUT2D eigenvalue weighted by Gasteiger charge is -2.24. The van der Waals surface area contributed by atoms with E-state index in [1.54, 1.807) is 3.71 Å². The fourth-order valence-electron chi connectivity index (χ4n) is 0.723. The van der Waals surface area contributed by atoms with Crippen LogP contribution in [0.4, 0.5) is 0 Å². The number of hydrogen-bond acceptors (Lipinski definition) is 22. The third-order valence-electron chi connectivity index (χ3n) is 1.40. The second-order valence-electron chi connectivity index (χ2n) is 3.12. The summed E-state index contributed by atoms with van der Waals surface area (Å²) < 4.78 is 24.9. The molecule has 1 heterocycles. The Bertz CT molecular complexity index is 318. The smallest absolute Gasteiger partial charge is 0.0429 e. The molecule has 1 aliphatic heterocycles. The lowest BCUT2D eigenvalue weighted by atomic mass is 11.6. The van der Waals surface area contributed by atoms with Gasteiger partial charge in [-0.25, -0.2) is 0 Å². The molecule has 0 aromatic rings. The van der Waals surface area contributed by atoms with Crippen LogP contribution in [0.1, 0.15) is 0 Å². The Morgan fingerprint density at radius 1 is 0.960 bits per heavy atom. The summed E-state index contributed by atoms with van der Waals surface area (Å²) in [6.45, 7) is 0. The van der Waals surface area contributed by atoms with Gasteiger partial charge in [0.1, 0.15) is 0 Å². The molecule has 0 atom stereocenters. The van der Waals surface area contributed by atoms with Gasteiger partial charge in [0.25, 0.3) is 0 Å². The van der Waals surface area contributed by atoms with Gasteiger partial charge in [0, 0.05) is 142 Å². The second kappa shape index (κ2) is 17.5. The summed E-state index contributed by atoms with van der Waals surface area (Å²) in [5, 5.41) is 0. The summed E-state index contributed by atoms with van der Waals surface area (Å²) >= 11 is 22.6. The minimum absolute atomic E-state index is 1.33. The maximum Gasteiger partial charge on any atom is 0.0429 e. The van der Waals surface area contributed by atoms with E-state index in [-0.39, 0.29) is 0 Å². The summed E-state index contributed by atoms with van der Waals surface area (Å²) in [6, 6.07) is 0. The molecule has 0 amide bonds. The van der Waals surface area contributed by atoms with Crippen LogP contribution in [0.25, 0.3) is 0 Å². The van der Waals surface area contributed by atoms with E-state index < -0.39 is 0 Å². The fraction of sp³-hybridized carbons (Fsp3) is 1.00. The zero-order valence-electron chi connectivity index (χ0n) is 12.7. The topological polar surface area (TPSA) is 76.4 Å². The van der Waals surface area contributed by atoms with E-state index in [0.29, 0.717) is 0 Å². The molecule has 0 radical (unpaired) electrons. The highest BCUT2D eigenvalue weighted by molar-refractivity contribution is 8.34. The van der Waals surface area contributed by atoms with Crippen LogP contribution in [0.2, 0.25) is 0 Å². The van der Waals surface area contributed by atoms with Crippen LogP contribution in [0.15, 0.2) is 0 Å². The van der Waals surface area contributed by atoms with Gasteiger partial charge in [0.2, 0.25) is 0 Å². The quantitative estimate of drug-likeness (QED) is 0.136. The highest BCUT2D eigenvalue weighted by Gasteiger charge is 2.16. The molecule has 150 valence electrons. The molecule has 1 rings (SSSR count). The van der Waals surface area contributed by atoms with Gasteiger partial charge < -0.3 is 0 Å². The van der Waals surface area contributed by atoms with Crippen molar-refractivity contribution >= 4 is 147 Å². The zero-order valence-corrected chi connectivity index (χ0v) is 22.7. The molecule has 0 unspecified atom stereocenters. The molecule has 22 heteroatoms. The van der Waals surface area contributed by atoms with Gasteiger partial charge in [-0.15, -0.1) is 0 Å². The number of nitrogens with one attached hydrogen (secondary N) is 5. The van der Waals surface area contributed by atoms with Crippen LogP contribution >= 0.6 is 147 Å². The van der Waals surface area contributed by atoms with E-state index in [1.807, 2.05) is 34.8 Å². The minimum Gasteiger partial charge on any atom is -0.196 e. The summed E-state index contributed by atoms with van der Waals surface area (Å²) in [5.41, 5.74) is 0. The predicted molar refractivity (Wildman–Crippen MR) is 137 cm³/mol. The standard InChI is InChI=1S/C3H16N10S12/c1-9(15)25-11(3)19-7-20-12(16-4-14)23-8-24-13-21-5-17-10(2)18-6-22-13/h4-8,14-15H,1-3H3. The maximum absolute atomic E-state index is 4.18. The molecule has 0 aromatic carbocycles. The molecular weight excluding hydrogens is 561 g/mol. The van der Waals surface area contributed by atoms with Crippen molar-refractivity contribution in [1.82, 2.24) is 38.0 Å². The summed E-state index contributed by atoms with van der Waals surface area (Å²) in [4.78, 5) is 0. The van der Waals surface area contributed by atoms with Gasteiger partial charge in [-0.05, 0) is 0 Å². The number of hydrogen-bond donors (Lipinski definition) is 7. The van der Waals surface area contributed by atoms with Crippen molar-refractivity contribution in [2.24, 2.45) is 0 Å². The van der Waals surface area contributed by atoms with Crippen molar-refractivity contribution in [2.75, 3.05) is 21.1 Å². The van der Waals surface area contributed by atoms with Crippen LogP contribution in [0.3, 0.4) is 0 Å². The zero-order chi connectivity index (χ0) is 18.5. The molecule has 0 bridgehead atoms. The Morgan fingerprint density at radius 3 is 2.20 bits per heavy atom. The largest absolute Gasteiger partial charge is 0.196 e. The summed E-state index contributed by atoms with van der Waals surface area (Å²) in [7, 11) is 5.77. The van der Waals surface area contributed by atoms with Crippen molar-refractivity contribution in [3.05, 3.63) is 0 Å². The average Bonchev–Trinajstić information content (AvgIpc) is 2.51. The Kier molecular flexibility index (Phi) is 18.8. The van der Waals surface area contributed by atoms with Crippen LogP contribution in [0.5, 0.6) is 0 Å². The molecule has 0 saturated carbocycles. The normalized spacial score (nSPS) is 18.2. The fourth-order valence-corrected chi connectivity index (χ4v) is 10.4. The van der Waals surface area contributed by atoms with Crippen LogP contribution in [-0.4, -0.2) is 38.5 Å². The SMILES string of the molecule is CN(S)SN(C)SNSN(SNS)SNSN1SNSN(C)SNS1. The molecule has 10 nitrogen and oxygen atoms in total. The van der Waals surface area contributed by atoms with Gasteiger partial charge in [-0.2, -0.15) is 31.8 Å². The number of thiol groups is 2. The van der Waals surface area contributed by atoms with E-state index >= 15 is 0 Å². The lowest BCUT2D eigenvalue weighted by molar-refractivity contribution is 0.856. The lowest BCUT2D eigenvalue weighted by Crippen LogP contribution is -2.20. The monoisotopic (exact) mass is 576 g/mol. The van der Waals surface area contributed by atoms with Gasteiger partial charge >= 0.3 is 0 Å². The van der Waals surface area contributed by atoms with Crippen molar-refractivity contribution in [3.8, 4) is 0 Å². The highest BCUT2D eigenvalue weighted by Crippen LogP contribution is 2.36. The minimum atomic E-state index is 1.33. The van der Waals surface area contributed by atoms with Crippen molar-refractivity contribution in [1.29, 1.82) is 0 Å². The molecule has 1 saturated heterocycles. The first-order chi connectivity index (χ1) is 12.0. The third-order valence-corrected chi connectivity index (χ3v) is 10.0. The Hall–Kier alpha value is 3.80. The molecule has 0 spiro atoms. The molecular formula is C3H16N10S12. The summed E-state index contributed by atoms with van der Waals surface area (Å²) in [6.07, 6.45) is 0. The first-order valence-electron chi connectivity index (χ1n) is 5.61. The second-order valence-corrected chi connectivity index (χ2v) is 16.0. The predicted octanol–water partition coefficient (Wildman–Crippen LogP) is 3.67. The highest BCUT2D eigenvalue weighted by atomic mass is 32.3. The Morgan fingerprint density at radius 2 is 1.60 bits per heavy atom. The Balaban J connectivity index is 2.18. The first kappa shape index (κ1) is 26.8. The van der Waals surface area contributed by atoms with E-state index in [9.17, 15) is 0 Å². The van der Waals surface area contributed by atoms with E-state index in [0.717, 1.165) is 0 Å². The van der Waals surface area contributed by atoms with Gasteiger partial charge in [0.05, 0.1) is 0 Å². The van der Waals surface area contributed by atoms with E-state index in [4.69, 9.17) is 0 Å². The van der Waals surface area contributed by atoms with Crippen molar-refractivity contribution in [2.45, 2.75) is 0 Å². The van der Waals surface area contributed by atoms with Crippen LogP contribution in [-0.2, 0) is 0 Å². The number of nitrogens with zero attached hydrogens (tertiary/aromatic N) is 5. The molecule has 25 heavy (non-hydrogen) atoms. The molecule has 1 aliphatic rings. The Labute approximate surface area is 204 Å². The van der Waals surface area contributed by atoms with E-state index in [2.05, 4.69) is 46.3 Å². The number of rotatable bonds is 12. The first-order valence-corrected chi connectivity index (χ1v) is 14.1. The molecule has 0 aromatic heterocycles. The molecule has 5 N–H and O–H groups in total. The van der Waals surface area contributed by atoms with Gasteiger partial charge in [-0.3, -0.25) is 0 Å². The average molecular weight is 577 g/mol. The third kappa shape index (κ3) is 15.3. The van der Waals surface area contributed by atoms with Crippen LogP contribution in [0, 0.1) is 0 Å². The van der Waals surface area contributed by atoms with Gasteiger partial charge in [-0.1, -0.05) is 31.9 Å². The van der Waals surface area contributed by atoms with Crippen LogP contribution < -0.4 is 20.6 Å². The summed E-state index contributed by atoms with van der Waals surface area (Å²) in [5.74, 6) is 0. The maximum atomic E-state index is 4.18. The molecule has 0 aliphatic carbocycles. The van der Waals surface area contributed by atoms with Crippen molar-refractivity contribution < 1.29 is 0 Å².